The molecule has 0 aromatic carbocycles. The molecule has 1 N–H and O–H groups in total. The summed E-state index contributed by atoms with van der Waals surface area (Å²) in [6, 6.07) is 0. The van der Waals surface area contributed by atoms with Gasteiger partial charge in [-0.2, -0.15) is 0 Å². The summed E-state index contributed by atoms with van der Waals surface area (Å²) in [5.74, 6) is 0.557. The Morgan fingerprint density at radius 2 is 2.07 bits per heavy atom. The van der Waals surface area contributed by atoms with Crippen molar-refractivity contribution in [2.45, 2.75) is 46.0 Å². The molecule has 1 heterocycles. The van der Waals surface area contributed by atoms with Crippen LogP contribution in [0, 0.1) is 0 Å². The second-order valence-electron chi connectivity index (χ2n) is 4.02. The van der Waals surface area contributed by atoms with Gasteiger partial charge in [-0.1, -0.05) is 27.7 Å². The molecule has 0 spiro atoms. The van der Waals surface area contributed by atoms with Gasteiger partial charge in [0.1, 0.15) is 5.69 Å². The Labute approximate surface area is 84.6 Å². The Morgan fingerprint density at radius 1 is 1.43 bits per heavy atom. The van der Waals surface area contributed by atoms with Crippen molar-refractivity contribution in [1.82, 2.24) is 9.97 Å². The molecule has 78 valence electrons. The normalized spacial score (nSPS) is 13.2. The lowest BCUT2D eigenvalue weighted by Gasteiger charge is -2.09. The van der Waals surface area contributed by atoms with E-state index >= 15 is 0 Å². The van der Waals surface area contributed by atoms with Crippen molar-refractivity contribution in [3.8, 4) is 0 Å². The summed E-state index contributed by atoms with van der Waals surface area (Å²) >= 11 is 0. The van der Waals surface area contributed by atoms with Crippen molar-refractivity contribution in [3.05, 3.63) is 27.9 Å². The van der Waals surface area contributed by atoms with E-state index in [1.807, 2.05) is 20.8 Å². The molecule has 1 rings (SSSR count). The van der Waals surface area contributed by atoms with Gasteiger partial charge in [0.15, 0.2) is 0 Å². The maximum atomic E-state index is 11.6. The summed E-state index contributed by atoms with van der Waals surface area (Å²) in [7, 11) is 0. The van der Waals surface area contributed by atoms with Crippen LogP contribution in [0.15, 0.2) is 11.0 Å². The number of hydrogen-bond acceptors (Lipinski definition) is 2. The van der Waals surface area contributed by atoms with E-state index in [2.05, 4.69) is 16.9 Å². The van der Waals surface area contributed by atoms with E-state index in [-0.39, 0.29) is 11.5 Å². The van der Waals surface area contributed by atoms with Gasteiger partial charge in [-0.05, 0) is 12.3 Å². The quantitative estimate of drug-likeness (QED) is 0.803. The van der Waals surface area contributed by atoms with Crippen LogP contribution in [0.3, 0.4) is 0 Å². The van der Waals surface area contributed by atoms with Gasteiger partial charge in [-0.15, -0.1) is 0 Å². The highest BCUT2D eigenvalue weighted by molar-refractivity contribution is 5.09. The van der Waals surface area contributed by atoms with Crippen LogP contribution < -0.4 is 5.56 Å². The van der Waals surface area contributed by atoms with E-state index in [0.717, 1.165) is 12.1 Å². The minimum absolute atomic E-state index is 0.0365. The second-order valence-corrected chi connectivity index (χ2v) is 4.02. The molecule has 3 nitrogen and oxygen atoms in total. The van der Waals surface area contributed by atoms with Gasteiger partial charge >= 0.3 is 0 Å². The van der Waals surface area contributed by atoms with Crippen LogP contribution in [0.2, 0.25) is 0 Å². The average Bonchev–Trinajstić information content (AvgIpc) is 2.16. The second kappa shape index (κ2) is 4.40. The number of nitrogens with one attached hydrogen (secondary N) is 1. The van der Waals surface area contributed by atoms with Gasteiger partial charge in [0.25, 0.3) is 5.56 Å². The predicted molar refractivity (Wildman–Crippen MR) is 57.7 cm³/mol. The van der Waals surface area contributed by atoms with Gasteiger partial charge in [0, 0.05) is 17.8 Å². The lowest BCUT2D eigenvalue weighted by atomic mass is 10.1. The van der Waals surface area contributed by atoms with Gasteiger partial charge in [-0.3, -0.25) is 9.78 Å². The molecular formula is C11H18N2O. The van der Waals surface area contributed by atoms with E-state index in [1.165, 1.54) is 0 Å². The molecule has 0 fully saturated rings. The lowest BCUT2D eigenvalue weighted by molar-refractivity contribution is 0.682. The zero-order valence-corrected chi connectivity index (χ0v) is 9.29. The van der Waals surface area contributed by atoms with Crippen LogP contribution in [0.25, 0.3) is 0 Å². The Bertz CT molecular complexity index is 355. The molecular weight excluding hydrogens is 176 g/mol. The fourth-order valence-corrected chi connectivity index (χ4v) is 1.26. The van der Waals surface area contributed by atoms with Gasteiger partial charge in [0.05, 0.1) is 0 Å². The predicted octanol–water partition coefficient (Wildman–Crippen LogP) is 2.41. The summed E-state index contributed by atoms with van der Waals surface area (Å²) in [5.41, 5.74) is 1.52. The van der Waals surface area contributed by atoms with E-state index in [9.17, 15) is 4.79 Å². The number of aromatic amines is 1. The first-order valence-electron chi connectivity index (χ1n) is 5.15. The topological polar surface area (TPSA) is 45.8 Å². The lowest BCUT2D eigenvalue weighted by Crippen LogP contribution is -2.19. The first-order valence-corrected chi connectivity index (χ1v) is 5.15. The maximum absolute atomic E-state index is 11.6. The third kappa shape index (κ3) is 2.22. The summed E-state index contributed by atoms with van der Waals surface area (Å²) in [5, 5.41) is 0. The highest BCUT2D eigenvalue weighted by atomic mass is 16.1. The molecule has 0 saturated carbocycles. The van der Waals surface area contributed by atoms with E-state index in [1.54, 1.807) is 6.20 Å². The minimum atomic E-state index is -0.0365. The minimum Gasteiger partial charge on any atom is -0.323 e. The highest BCUT2D eigenvalue weighted by Gasteiger charge is 2.10. The maximum Gasteiger partial charge on any atom is 0.270 e. The molecule has 0 bridgehead atoms. The standard InChI is InChI=1S/C11H18N2O/c1-5-8(4)10-11(14)13-9(6-12-10)7(2)3/h6-8H,5H2,1-4H3,(H,13,14)/t8-/m1/s1. The first-order chi connectivity index (χ1) is 6.56. The van der Waals surface area contributed by atoms with Gasteiger partial charge in [-0.25, -0.2) is 0 Å². The fourth-order valence-electron chi connectivity index (χ4n) is 1.26. The number of H-pyrrole nitrogens is 1. The van der Waals surface area contributed by atoms with Gasteiger partial charge < -0.3 is 4.98 Å². The summed E-state index contributed by atoms with van der Waals surface area (Å²) in [6.07, 6.45) is 2.71. The Balaban J connectivity index is 3.08. The SMILES string of the molecule is CC[C@@H](C)c1ncc(C(C)C)[nH]c1=O. The summed E-state index contributed by atoms with van der Waals surface area (Å²) in [6.45, 7) is 8.15. The molecule has 0 amide bonds. The molecule has 0 aliphatic rings. The molecule has 0 unspecified atom stereocenters. The number of nitrogens with zero attached hydrogens (tertiary/aromatic N) is 1. The van der Waals surface area contributed by atoms with Crippen LogP contribution in [0.5, 0.6) is 0 Å². The van der Waals surface area contributed by atoms with Crippen molar-refractivity contribution in [1.29, 1.82) is 0 Å². The first kappa shape index (κ1) is 11.0. The molecule has 14 heavy (non-hydrogen) atoms. The monoisotopic (exact) mass is 194 g/mol. The van der Waals surface area contributed by atoms with Gasteiger partial charge in [0.2, 0.25) is 0 Å². The van der Waals surface area contributed by atoms with Crippen LogP contribution in [0.1, 0.15) is 57.3 Å². The summed E-state index contributed by atoms with van der Waals surface area (Å²) in [4.78, 5) is 18.7. The highest BCUT2D eigenvalue weighted by Crippen LogP contribution is 2.13. The van der Waals surface area contributed by atoms with E-state index in [4.69, 9.17) is 0 Å². The van der Waals surface area contributed by atoms with Crippen LogP contribution in [-0.4, -0.2) is 9.97 Å². The molecule has 3 heteroatoms. The average molecular weight is 194 g/mol. The van der Waals surface area contributed by atoms with E-state index < -0.39 is 0 Å². The van der Waals surface area contributed by atoms with Crippen LogP contribution in [-0.2, 0) is 0 Å². The molecule has 0 aliphatic heterocycles. The molecule has 0 aliphatic carbocycles. The number of rotatable bonds is 3. The zero-order valence-electron chi connectivity index (χ0n) is 9.29. The van der Waals surface area contributed by atoms with Crippen LogP contribution in [0.4, 0.5) is 0 Å². The van der Waals surface area contributed by atoms with Crippen molar-refractivity contribution in [2.75, 3.05) is 0 Å². The molecule has 1 aromatic heterocycles. The summed E-state index contributed by atoms with van der Waals surface area (Å²) < 4.78 is 0. The molecule has 1 aromatic rings. The van der Waals surface area contributed by atoms with E-state index in [0.29, 0.717) is 11.6 Å². The number of aromatic nitrogens is 2. The van der Waals surface area contributed by atoms with Crippen molar-refractivity contribution < 1.29 is 0 Å². The third-order valence-corrected chi connectivity index (χ3v) is 2.53. The third-order valence-electron chi connectivity index (χ3n) is 2.53. The van der Waals surface area contributed by atoms with Crippen molar-refractivity contribution >= 4 is 0 Å². The fraction of sp³-hybridized carbons (Fsp3) is 0.636. The van der Waals surface area contributed by atoms with Crippen molar-refractivity contribution in [2.24, 2.45) is 0 Å². The molecule has 0 radical (unpaired) electrons. The Kier molecular flexibility index (Phi) is 3.44. The Hall–Kier alpha value is -1.12. The molecule has 0 saturated heterocycles. The number of hydrogen-bond donors (Lipinski definition) is 1. The van der Waals surface area contributed by atoms with Crippen LogP contribution >= 0.6 is 0 Å². The van der Waals surface area contributed by atoms with Crippen molar-refractivity contribution in [3.63, 3.8) is 0 Å². The molecule has 1 atom stereocenters. The Morgan fingerprint density at radius 3 is 2.50 bits per heavy atom. The smallest absolute Gasteiger partial charge is 0.270 e. The largest absolute Gasteiger partial charge is 0.323 e. The zero-order chi connectivity index (χ0) is 10.7.